The minimum Gasteiger partial charge on any atom is -0.0769 e. The number of hydrogen-bond acceptors (Lipinski definition) is 0. The third-order valence-electron chi connectivity index (χ3n) is 7.44. The predicted molar refractivity (Wildman–Crippen MR) is 152 cm³/mol. The molecule has 0 bridgehead atoms. The molecule has 4 aromatic carbocycles. The van der Waals surface area contributed by atoms with E-state index in [4.69, 9.17) is 0 Å². The molecule has 0 heteroatoms. The standard InChI is InChI=1S/C36H31/c1-24-19-20-31(35(24)36(2,3)4)34-30(22-21-29-28-18-12-11-17-27(28)23-32(29)34)33(25-13-7-5-8-14-25)26-15-9-6-10-16-26/h5-19,21-22H,20H2,1-4H3. The highest BCUT2D eigenvalue weighted by atomic mass is 14.3. The molecule has 0 nitrogen and oxygen atoms in total. The molecule has 0 saturated heterocycles. The zero-order chi connectivity index (χ0) is 24.9. The van der Waals surface area contributed by atoms with Gasteiger partial charge in [-0.05, 0) is 84.7 Å². The fraction of sp³-hybridized carbons (Fsp3) is 0.167. The van der Waals surface area contributed by atoms with Crippen LogP contribution in [0, 0.1) is 15.9 Å². The Kier molecular flexibility index (Phi) is 5.41. The molecule has 0 unspecified atom stereocenters. The minimum absolute atomic E-state index is 0.0531. The normalized spacial score (nSPS) is 14.3. The summed E-state index contributed by atoms with van der Waals surface area (Å²) in [6, 6.07) is 35.0. The van der Waals surface area contributed by atoms with Crippen molar-refractivity contribution in [3.63, 3.8) is 0 Å². The SMILES string of the molecule is CC1=CCC(c2c3c(ccc2=C(c2ccccc2)c2ccccc2)=c2ccccc2=[C]3)=C1C(C)(C)C. The van der Waals surface area contributed by atoms with Crippen molar-refractivity contribution in [3.8, 4) is 0 Å². The Bertz CT molecular complexity index is 1720. The summed E-state index contributed by atoms with van der Waals surface area (Å²) in [6.07, 6.45) is 7.20. The topological polar surface area (TPSA) is 0 Å². The van der Waals surface area contributed by atoms with Gasteiger partial charge in [-0.15, -0.1) is 0 Å². The van der Waals surface area contributed by atoms with Crippen LogP contribution in [0.1, 0.15) is 56.4 Å². The van der Waals surface area contributed by atoms with E-state index < -0.39 is 0 Å². The van der Waals surface area contributed by atoms with Gasteiger partial charge in [-0.3, -0.25) is 0 Å². The van der Waals surface area contributed by atoms with Crippen molar-refractivity contribution in [2.45, 2.75) is 34.1 Å². The number of rotatable bonds is 3. The van der Waals surface area contributed by atoms with Crippen LogP contribution in [0.15, 0.2) is 114 Å². The first-order valence-corrected chi connectivity index (χ1v) is 12.9. The van der Waals surface area contributed by atoms with Crippen LogP contribution < -0.4 is 10.4 Å². The van der Waals surface area contributed by atoms with Gasteiger partial charge in [0, 0.05) is 0 Å². The van der Waals surface area contributed by atoms with E-state index in [1.54, 1.807) is 0 Å². The maximum Gasteiger partial charge on any atom is -0.000730 e. The molecule has 0 atom stereocenters. The molecule has 0 aromatic heterocycles. The van der Waals surface area contributed by atoms with Crippen molar-refractivity contribution in [1.82, 2.24) is 0 Å². The third-order valence-corrected chi connectivity index (χ3v) is 7.44. The maximum atomic E-state index is 3.84. The Hall–Kier alpha value is -3.90. The molecule has 0 spiro atoms. The summed E-state index contributed by atoms with van der Waals surface area (Å²) in [4.78, 5) is 0. The molecular formula is C36H31. The van der Waals surface area contributed by atoms with Crippen molar-refractivity contribution >= 4 is 17.2 Å². The molecule has 0 amide bonds. The molecule has 0 N–H and O–H groups in total. The molecule has 2 aliphatic carbocycles. The zero-order valence-corrected chi connectivity index (χ0v) is 21.5. The van der Waals surface area contributed by atoms with Crippen LogP contribution in [0.2, 0.25) is 0 Å². The lowest BCUT2D eigenvalue weighted by Crippen LogP contribution is -2.19. The second kappa shape index (κ2) is 8.64. The highest BCUT2D eigenvalue weighted by Gasteiger charge is 2.29. The smallest absolute Gasteiger partial charge is 0.000730 e. The van der Waals surface area contributed by atoms with Crippen molar-refractivity contribution in [1.29, 1.82) is 0 Å². The lowest BCUT2D eigenvalue weighted by molar-refractivity contribution is 0.514. The Morgan fingerprint density at radius 2 is 1.31 bits per heavy atom. The summed E-state index contributed by atoms with van der Waals surface area (Å²) in [7, 11) is 0. The first-order valence-electron chi connectivity index (χ1n) is 12.9. The van der Waals surface area contributed by atoms with Gasteiger partial charge in [0.15, 0.2) is 0 Å². The molecule has 6 rings (SSSR count). The van der Waals surface area contributed by atoms with Gasteiger partial charge in [-0.1, -0.05) is 129 Å². The van der Waals surface area contributed by atoms with Gasteiger partial charge in [0.25, 0.3) is 0 Å². The summed E-state index contributed by atoms with van der Waals surface area (Å²) in [5, 5.41) is 5.04. The van der Waals surface area contributed by atoms with Crippen molar-refractivity contribution in [2.24, 2.45) is 5.41 Å². The van der Waals surface area contributed by atoms with Gasteiger partial charge in [0.05, 0.1) is 0 Å². The zero-order valence-electron chi connectivity index (χ0n) is 21.5. The number of allylic oxidation sites excluding steroid dienone is 4. The second-order valence-corrected chi connectivity index (χ2v) is 10.9. The first kappa shape index (κ1) is 22.6. The Balaban J connectivity index is 1.85. The highest BCUT2D eigenvalue weighted by molar-refractivity contribution is 5.88. The van der Waals surface area contributed by atoms with Crippen molar-refractivity contribution in [2.75, 3.05) is 0 Å². The Morgan fingerprint density at radius 3 is 1.94 bits per heavy atom. The summed E-state index contributed by atoms with van der Waals surface area (Å²) in [5.74, 6) is 0. The van der Waals surface area contributed by atoms with Gasteiger partial charge >= 0.3 is 0 Å². The van der Waals surface area contributed by atoms with Crippen LogP contribution in [0.3, 0.4) is 0 Å². The Labute approximate surface area is 214 Å². The van der Waals surface area contributed by atoms with Crippen molar-refractivity contribution in [3.05, 3.63) is 157 Å². The first-order chi connectivity index (χ1) is 17.4. The van der Waals surface area contributed by atoms with E-state index in [9.17, 15) is 0 Å². The quantitative estimate of drug-likeness (QED) is 0.262. The summed E-state index contributed by atoms with van der Waals surface area (Å²) < 4.78 is 0. The van der Waals surface area contributed by atoms with Crippen LogP contribution >= 0.6 is 0 Å². The van der Waals surface area contributed by atoms with Gasteiger partial charge in [0.2, 0.25) is 0 Å². The lowest BCUT2D eigenvalue weighted by atomic mass is 9.78. The molecule has 4 aromatic rings. The van der Waals surface area contributed by atoms with E-state index in [0.717, 1.165) is 6.42 Å². The number of benzene rings is 4. The predicted octanol–water partition coefficient (Wildman–Crippen LogP) is 7.39. The molecule has 0 saturated carbocycles. The van der Waals surface area contributed by atoms with Crippen LogP contribution in [-0.4, -0.2) is 0 Å². The van der Waals surface area contributed by atoms with Crippen LogP contribution in [0.4, 0.5) is 0 Å². The van der Waals surface area contributed by atoms with Gasteiger partial charge in [-0.2, -0.15) is 0 Å². The fourth-order valence-electron chi connectivity index (χ4n) is 6.10. The van der Waals surface area contributed by atoms with E-state index in [1.807, 2.05) is 0 Å². The molecule has 1 radical (unpaired) electrons. The largest absolute Gasteiger partial charge is 0.0769 e. The van der Waals surface area contributed by atoms with E-state index in [1.165, 1.54) is 65.4 Å². The molecule has 36 heavy (non-hydrogen) atoms. The summed E-state index contributed by atoms with van der Waals surface area (Å²) in [6.45, 7) is 9.30. The lowest BCUT2D eigenvalue weighted by Gasteiger charge is -2.26. The third kappa shape index (κ3) is 3.69. The van der Waals surface area contributed by atoms with E-state index in [-0.39, 0.29) is 5.41 Å². The summed E-state index contributed by atoms with van der Waals surface area (Å²) >= 11 is 0. The van der Waals surface area contributed by atoms with E-state index in [2.05, 4.69) is 137 Å². The molecule has 0 aliphatic heterocycles. The van der Waals surface area contributed by atoms with Gasteiger partial charge in [0.1, 0.15) is 0 Å². The minimum atomic E-state index is 0.0531. The highest BCUT2D eigenvalue weighted by Crippen LogP contribution is 2.44. The van der Waals surface area contributed by atoms with Gasteiger partial charge < -0.3 is 0 Å². The van der Waals surface area contributed by atoms with Crippen LogP contribution in [-0.2, 0) is 0 Å². The van der Waals surface area contributed by atoms with E-state index >= 15 is 0 Å². The molecule has 0 fully saturated rings. The van der Waals surface area contributed by atoms with E-state index in [0.29, 0.717) is 0 Å². The monoisotopic (exact) mass is 463 g/mol. The van der Waals surface area contributed by atoms with Crippen LogP contribution in [0.25, 0.3) is 17.2 Å². The number of hydrogen-bond donors (Lipinski definition) is 0. The van der Waals surface area contributed by atoms with Gasteiger partial charge in [-0.25, -0.2) is 0 Å². The summed E-state index contributed by atoms with van der Waals surface area (Å²) in [5.41, 5.74) is 10.7. The Morgan fingerprint density at radius 1 is 0.694 bits per heavy atom. The maximum absolute atomic E-state index is 3.84. The molecule has 2 aliphatic rings. The number of fused-ring (bicyclic) bond motifs is 2. The fourth-order valence-corrected chi connectivity index (χ4v) is 6.10. The average Bonchev–Trinajstić information content (AvgIpc) is 3.46. The average molecular weight is 464 g/mol. The van der Waals surface area contributed by atoms with Crippen LogP contribution in [0.5, 0.6) is 0 Å². The van der Waals surface area contributed by atoms with Crippen molar-refractivity contribution < 1.29 is 0 Å². The second-order valence-electron chi connectivity index (χ2n) is 10.9. The molecule has 175 valence electrons. The molecule has 0 heterocycles. The molecular weight excluding hydrogens is 432 g/mol.